The van der Waals surface area contributed by atoms with E-state index in [1.54, 1.807) is 0 Å². The first-order valence-electron chi connectivity index (χ1n) is 8.26. The molecule has 0 aliphatic heterocycles. The van der Waals surface area contributed by atoms with Crippen LogP contribution in [0, 0.1) is 5.92 Å². The maximum absolute atomic E-state index is 6.07. The van der Waals surface area contributed by atoms with Crippen molar-refractivity contribution in [1.82, 2.24) is 5.32 Å². The zero-order valence-corrected chi connectivity index (χ0v) is 13.2. The van der Waals surface area contributed by atoms with E-state index < -0.39 is 0 Å². The molecule has 1 aromatic rings. The van der Waals surface area contributed by atoms with Crippen LogP contribution in [0.15, 0.2) is 24.3 Å². The largest absolute Gasteiger partial charge is 0.311 e. The van der Waals surface area contributed by atoms with Crippen LogP contribution in [-0.4, -0.2) is 12.1 Å². The number of nitrogens with one attached hydrogen (secondary N) is 1. The van der Waals surface area contributed by atoms with E-state index in [2.05, 4.69) is 30.4 Å². The third-order valence-corrected chi connectivity index (χ3v) is 5.59. The summed E-state index contributed by atoms with van der Waals surface area (Å²) in [5.74, 6) is 1.71. The molecule has 0 spiro atoms. The van der Waals surface area contributed by atoms with Crippen molar-refractivity contribution in [3.8, 4) is 0 Å². The molecule has 2 heteroatoms. The minimum atomic E-state index is 0.721. The van der Waals surface area contributed by atoms with Gasteiger partial charge in [-0.1, -0.05) is 37.1 Å². The summed E-state index contributed by atoms with van der Waals surface area (Å²) in [5.41, 5.74) is 1.42. The Labute approximate surface area is 128 Å². The van der Waals surface area contributed by atoms with Crippen LogP contribution in [0.5, 0.6) is 0 Å². The summed E-state index contributed by atoms with van der Waals surface area (Å²) in [4.78, 5) is 0. The maximum atomic E-state index is 6.07. The van der Waals surface area contributed by atoms with E-state index in [1.165, 1.54) is 50.5 Å². The highest BCUT2D eigenvalue weighted by Crippen LogP contribution is 2.38. The summed E-state index contributed by atoms with van der Waals surface area (Å²) in [6.45, 7) is 2.33. The van der Waals surface area contributed by atoms with Gasteiger partial charge in [-0.3, -0.25) is 0 Å². The van der Waals surface area contributed by atoms with E-state index in [4.69, 9.17) is 11.6 Å². The van der Waals surface area contributed by atoms with Gasteiger partial charge < -0.3 is 5.32 Å². The lowest BCUT2D eigenvalue weighted by Crippen LogP contribution is -2.46. The number of halogens is 1. The number of hydrogen-bond acceptors (Lipinski definition) is 1. The Morgan fingerprint density at radius 1 is 1.10 bits per heavy atom. The molecule has 0 atom stereocenters. The van der Waals surface area contributed by atoms with Crippen LogP contribution in [0.3, 0.4) is 0 Å². The molecule has 20 heavy (non-hydrogen) atoms. The fourth-order valence-corrected chi connectivity index (χ4v) is 4.06. The van der Waals surface area contributed by atoms with Crippen molar-refractivity contribution < 1.29 is 0 Å². The van der Waals surface area contributed by atoms with Crippen molar-refractivity contribution >= 4 is 11.6 Å². The molecule has 0 heterocycles. The van der Waals surface area contributed by atoms with Crippen LogP contribution in [0.25, 0.3) is 0 Å². The molecule has 0 bridgehead atoms. The highest BCUT2D eigenvalue weighted by molar-refractivity contribution is 6.30. The molecule has 1 aromatic carbocycles. The molecule has 110 valence electrons. The SMILES string of the molecule is CCC1CCC(NC2CC(c3cccc(Cl)c3)C2)CC1. The Morgan fingerprint density at radius 3 is 2.50 bits per heavy atom. The van der Waals surface area contributed by atoms with E-state index in [1.807, 2.05) is 6.07 Å². The molecule has 0 unspecified atom stereocenters. The lowest BCUT2D eigenvalue weighted by molar-refractivity contribution is 0.215. The van der Waals surface area contributed by atoms with Gasteiger partial charge in [0.05, 0.1) is 0 Å². The third kappa shape index (κ3) is 3.38. The molecule has 1 nitrogen and oxygen atoms in total. The summed E-state index contributed by atoms with van der Waals surface area (Å²) in [6, 6.07) is 9.91. The average molecular weight is 292 g/mol. The van der Waals surface area contributed by atoms with Gasteiger partial charge in [-0.2, -0.15) is 0 Å². The molecule has 0 amide bonds. The predicted octanol–water partition coefficient (Wildman–Crippen LogP) is 5.14. The lowest BCUT2D eigenvalue weighted by Gasteiger charge is -2.40. The first-order chi connectivity index (χ1) is 9.74. The zero-order chi connectivity index (χ0) is 13.9. The van der Waals surface area contributed by atoms with E-state index >= 15 is 0 Å². The lowest BCUT2D eigenvalue weighted by atomic mass is 9.75. The minimum Gasteiger partial charge on any atom is -0.311 e. The molecule has 2 saturated carbocycles. The van der Waals surface area contributed by atoms with Gasteiger partial charge in [0, 0.05) is 17.1 Å². The molecule has 0 saturated heterocycles. The monoisotopic (exact) mass is 291 g/mol. The molecule has 0 aromatic heterocycles. The summed E-state index contributed by atoms with van der Waals surface area (Å²) in [5, 5.41) is 4.75. The van der Waals surface area contributed by atoms with E-state index in [9.17, 15) is 0 Å². The van der Waals surface area contributed by atoms with E-state index in [0.29, 0.717) is 0 Å². The number of rotatable bonds is 4. The van der Waals surface area contributed by atoms with Crippen LogP contribution in [-0.2, 0) is 0 Å². The highest BCUT2D eigenvalue weighted by Gasteiger charge is 2.32. The number of hydrogen-bond donors (Lipinski definition) is 1. The van der Waals surface area contributed by atoms with Gasteiger partial charge in [0.1, 0.15) is 0 Å². The highest BCUT2D eigenvalue weighted by atomic mass is 35.5. The quantitative estimate of drug-likeness (QED) is 0.809. The second kappa shape index (κ2) is 6.49. The summed E-state index contributed by atoms with van der Waals surface area (Å²) < 4.78 is 0. The van der Waals surface area contributed by atoms with Gasteiger partial charge in [0.2, 0.25) is 0 Å². The Morgan fingerprint density at radius 2 is 1.85 bits per heavy atom. The van der Waals surface area contributed by atoms with E-state index in [0.717, 1.165) is 28.9 Å². The third-order valence-electron chi connectivity index (χ3n) is 5.35. The Bertz CT molecular complexity index is 431. The van der Waals surface area contributed by atoms with Gasteiger partial charge in [0.25, 0.3) is 0 Å². The molecule has 2 aliphatic rings. The van der Waals surface area contributed by atoms with Gasteiger partial charge >= 0.3 is 0 Å². The maximum Gasteiger partial charge on any atom is 0.0408 e. The Balaban J connectivity index is 1.42. The molecule has 2 fully saturated rings. The van der Waals surface area contributed by atoms with Crippen molar-refractivity contribution in [3.63, 3.8) is 0 Å². The Kier molecular flexibility index (Phi) is 4.68. The molecule has 3 rings (SSSR count). The topological polar surface area (TPSA) is 12.0 Å². The van der Waals surface area contributed by atoms with Crippen LogP contribution in [0.4, 0.5) is 0 Å². The van der Waals surface area contributed by atoms with Gasteiger partial charge in [-0.25, -0.2) is 0 Å². The van der Waals surface area contributed by atoms with Crippen molar-refractivity contribution in [2.24, 2.45) is 5.92 Å². The molecular weight excluding hydrogens is 266 g/mol. The van der Waals surface area contributed by atoms with Crippen molar-refractivity contribution in [2.75, 3.05) is 0 Å². The second-order valence-electron chi connectivity index (χ2n) is 6.71. The predicted molar refractivity (Wildman–Crippen MR) is 86.4 cm³/mol. The zero-order valence-electron chi connectivity index (χ0n) is 12.4. The van der Waals surface area contributed by atoms with Crippen LogP contribution in [0.2, 0.25) is 5.02 Å². The standard InChI is InChI=1S/C18H26ClN/c1-2-13-6-8-17(9-7-13)20-18-11-15(12-18)14-4-3-5-16(19)10-14/h3-5,10,13,15,17-18,20H,2,6-9,11-12H2,1H3. The van der Waals surface area contributed by atoms with Gasteiger partial charge in [-0.05, 0) is 68.1 Å². The van der Waals surface area contributed by atoms with Crippen molar-refractivity contribution in [3.05, 3.63) is 34.9 Å². The van der Waals surface area contributed by atoms with Gasteiger partial charge in [-0.15, -0.1) is 0 Å². The minimum absolute atomic E-state index is 0.721. The number of benzene rings is 1. The smallest absolute Gasteiger partial charge is 0.0408 e. The fraction of sp³-hybridized carbons (Fsp3) is 0.667. The summed E-state index contributed by atoms with van der Waals surface area (Å²) >= 11 is 6.07. The average Bonchev–Trinajstić information content (AvgIpc) is 2.43. The first-order valence-corrected chi connectivity index (χ1v) is 8.64. The van der Waals surface area contributed by atoms with Crippen molar-refractivity contribution in [2.45, 2.75) is 69.9 Å². The van der Waals surface area contributed by atoms with Gasteiger partial charge in [0.15, 0.2) is 0 Å². The van der Waals surface area contributed by atoms with E-state index in [-0.39, 0.29) is 0 Å². The van der Waals surface area contributed by atoms with Crippen molar-refractivity contribution in [1.29, 1.82) is 0 Å². The molecule has 1 N–H and O–H groups in total. The molecular formula is C18H26ClN. The Hall–Kier alpha value is -0.530. The van der Waals surface area contributed by atoms with Crippen LogP contribution < -0.4 is 5.32 Å². The van der Waals surface area contributed by atoms with Crippen LogP contribution >= 0.6 is 11.6 Å². The fourth-order valence-electron chi connectivity index (χ4n) is 3.86. The molecule has 0 radical (unpaired) electrons. The second-order valence-corrected chi connectivity index (χ2v) is 7.15. The first kappa shape index (κ1) is 14.4. The summed E-state index contributed by atoms with van der Waals surface area (Å²) in [6.07, 6.45) is 9.57. The molecule has 2 aliphatic carbocycles. The summed E-state index contributed by atoms with van der Waals surface area (Å²) in [7, 11) is 0. The van der Waals surface area contributed by atoms with Crippen LogP contribution in [0.1, 0.15) is 63.4 Å². The normalized spacial score (nSPS) is 33.7.